The van der Waals surface area contributed by atoms with Gasteiger partial charge in [0, 0.05) is 17.8 Å². The van der Waals surface area contributed by atoms with Gasteiger partial charge in [0.15, 0.2) is 11.6 Å². The van der Waals surface area contributed by atoms with Gasteiger partial charge >= 0.3 is 0 Å². The normalized spacial score (nSPS) is 21.8. The third-order valence-electron chi connectivity index (χ3n) is 3.51. The molecular weight excluding hydrogens is 272 g/mol. The first-order valence-corrected chi connectivity index (χ1v) is 8.36. The average molecular weight is 296 g/mol. The first-order valence-electron chi connectivity index (χ1n) is 7.31. The molecule has 112 valence electrons. The minimum absolute atomic E-state index is 0.471. The van der Waals surface area contributed by atoms with E-state index in [1.807, 2.05) is 18.7 Å². The Morgan fingerprint density at radius 1 is 1.30 bits per heavy atom. The lowest BCUT2D eigenvalue weighted by molar-refractivity contribution is 0.414. The van der Waals surface area contributed by atoms with Gasteiger partial charge in [-0.2, -0.15) is 11.8 Å². The number of hydrogen-bond acceptors (Lipinski definition) is 6. The summed E-state index contributed by atoms with van der Waals surface area (Å²) < 4.78 is 5.48. The van der Waals surface area contributed by atoms with Crippen molar-refractivity contribution < 1.29 is 4.74 Å². The molecule has 1 aliphatic carbocycles. The molecule has 6 heteroatoms. The second kappa shape index (κ2) is 7.57. The summed E-state index contributed by atoms with van der Waals surface area (Å²) in [5, 5.41) is 7.43. The van der Waals surface area contributed by atoms with Gasteiger partial charge in [0.05, 0.1) is 7.11 Å². The minimum Gasteiger partial charge on any atom is -0.490 e. The Morgan fingerprint density at radius 2 is 2.10 bits per heavy atom. The van der Waals surface area contributed by atoms with Crippen molar-refractivity contribution in [3.63, 3.8) is 0 Å². The zero-order valence-corrected chi connectivity index (χ0v) is 13.3. The third-order valence-corrected chi connectivity index (χ3v) is 4.83. The lowest BCUT2D eigenvalue weighted by atomic mass is 10.2. The fourth-order valence-electron chi connectivity index (χ4n) is 2.64. The highest BCUT2D eigenvalue weighted by atomic mass is 32.2. The zero-order valence-electron chi connectivity index (χ0n) is 12.5. The molecule has 20 heavy (non-hydrogen) atoms. The van der Waals surface area contributed by atoms with Crippen LogP contribution in [0.15, 0.2) is 6.33 Å². The summed E-state index contributed by atoms with van der Waals surface area (Å²) in [7, 11) is 1.66. The summed E-state index contributed by atoms with van der Waals surface area (Å²) >= 11 is 2.03. The van der Waals surface area contributed by atoms with Gasteiger partial charge in [-0.15, -0.1) is 0 Å². The van der Waals surface area contributed by atoms with Crippen LogP contribution < -0.4 is 15.4 Å². The molecule has 0 amide bonds. The monoisotopic (exact) mass is 296 g/mol. The van der Waals surface area contributed by atoms with Crippen molar-refractivity contribution in [3.8, 4) is 5.75 Å². The standard InChI is InChI=1S/C14H24N4OS/c1-4-15-13-12(19-3)14(17-9-16-13)18-10-7-6-8-11(10)20-5-2/h9-11H,4-8H2,1-3H3,(H2,15,16,17,18). The molecule has 1 heterocycles. The van der Waals surface area contributed by atoms with Gasteiger partial charge in [0.25, 0.3) is 0 Å². The number of nitrogens with one attached hydrogen (secondary N) is 2. The van der Waals surface area contributed by atoms with Gasteiger partial charge in [0.1, 0.15) is 6.33 Å². The molecule has 2 unspecified atom stereocenters. The van der Waals surface area contributed by atoms with Gasteiger partial charge in [0.2, 0.25) is 5.75 Å². The number of hydrogen-bond donors (Lipinski definition) is 2. The molecule has 2 rings (SSSR count). The maximum atomic E-state index is 5.48. The molecule has 5 nitrogen and oxygen atoms in total. The zero-order chi connectivity index (χ0) is 14.4. The van der Waals surface area contributed by atoms with Crippen LogP contribution in [0.4, 0.5) is 11.6 Å². The van der Waals surface area contributed by atoms with E-state index in [2.05, 4.69) is 27.5 Å². The molecule has 0 saturated heterocycles. The second-order valence-electron chi connectivity index (χ2n) is 4.81. The van der Waals surface area contributed by atoms with E-state index in [4.69, 9.17) is 4.74 Å². The smallest absolute Gasteiger partial charge is 0.204 e. The molecule has 0 spiro atoms. The summed E-state index contributed by atoms with van der Waals surface area (Å²) in [6, 6.07) is 0.471. The first kappa shape index (κ1) is 15.2. The Labute approximate surface area is 125 Å². The Hall–Kier alpha value is -1.17. The van der Waals surface area contributed by atoms with Crippen molar-refractivity contribution in [2.24, 2.45) is 0 Å². The van der Waals surface area contributed by atoms with E-state index in [1.165, 1.54) is 19.3 Å². The lowest BCUT2D eigenvalue weighted by Gasteiger charge is -2.22. The van der Waals surface area contributed by atoms with Crippen LogP contribution in [0.1, 0.15) is 33.1 Å². The molecule has 0 bridgehead atoms. The van der Waals surface area contributed by atoms with Gasteiger partial charge in [-0.05, 0) is 25.5 Å². The molecule has 0 radical (unpaired) electrons. The molecule has 1 saturated carbocycles. The van der Waals surface area contributed by atoms with Crippen LogP contribution in [0.5, 0.6) is 5.75 Å². The summed E-state index contributed by atoms with van der Waals surface area (Å²) in [5.74, 6) is 3.42. The summed E-state index contributed by atoms with van der Waals surface area (Å²) in [6.45, 7) is 5.07. The van der Waals surface area contributed by atoms with E-state index in [0.29, 0.717) is 17.0 Å². The van der Waals surface area contributed by atoms with E-state index < -0.39 is 0 Å². The summed E-state index contributed by atoms with van der Waals surface area (Å²) in [5.41, 5.74) is 0. The number of aromatic nitrogens is 2. The first-order chi connectivity index (χ1) is 9.80. The number of nitrogens with zero attached hydrogens (tertiary/aromatic N) is 2. The summed E-state index contributed by atoms with van der Waals surface area (Å²) in [6.07, 6.45) is 5.34. The lowest BCUT2D eigenvalue weighted by Crippen LogP contribution is -2.27. The van der Waals surface area contributed by atoms with E-state index in [1.54, 1.807) is 13.4 Å². The Morgan fingerprint density at radius 3 is 2.80 bits per heavy atom. The number of rotatable bonds is 7. The highest BCUT2D eigenvalue weighted by molar-refractivity contribution is 7.99. The van der Waals surface area contributed by atoms with Crippen molar-refractivity contribution in [3.05, 3.63) is 6.33 Å². The van der Waals surface area contributed by atoms with Crippen LogP contribution in [0.25, 0.3) is 0 Å². The highest BCUT2D eigenvalue weighted by Crippen LogP contribution is 2.35. The van der Waals surface area contributed by atoms with Crippen LogP contribution in [-0.2, 0) is 0 Å². The van der Waals surface area contributed by atoms with E-state index in [9.17, 15) is 0 Å². The highest BCUT2D eigenvalue weighted by Gasteiger charge is 2.28. The molecule has 2 atom stereocenters. The fourth-order valence-corrected chi connectivity index (χ4v) is 3.84. The van der Waals surface area contributed by atoms with Crippen molar-refractivity contribution in [1.29, 1.82) is 0 Å². The fraction of sp³-hybridized carbons (Fsp3) is 0.714. The number of ether oxygens (including phenoxy) is 1. The maximum absolute atomic E-state index is 5.48. The van der Waals surface area contributed by atoms with Crippen LogP contribution >= 0.6 is 11.8 Å². The quantitative estimate of drug-likeness (QED) is 0.806. The van der Waals surface area contributed by atoms with E-state index >= 15 is 0 Å². The molecule has 1 aromatic rings. The van der Waals surface area contributed by atoms with Crippen LogP contribution in [0, 0.1) is 0 Å². The number of thioether (sulfide) groups is 1. The second-order valence-corrected chi connectivity index (χ2v) is 6.33. The predicted octanol–water partition coefficient (Wildman–Crippen LogP) is 3.00. The Kier molecular flexibility index (Phi) is 5.76. The van der Waals surface area contributed by atoms with Crippen LogP contribution in [-0.4, -0.2) is 40.7 Å². The molecule has 1 aromatic heterocycles. The molecule has 0 aliphatic heterocycles. The van der Waals surface area contributed by atoms with Gasteiger partial charge < -0.3 is 15.4 Å². The maximum Gasteiger partial charge on any atom is 0.204 e. The van der Waals surface area contributed by atoms with Crippen molar-refractivity contribution in [2.75, 3.05) is 30.0 Å². The summed E-state index contributed by atoms with van der Waals surface area (Å²) in [4.78, 5) is 8.59. The molecule has 0 aromatic carbocycles. The Balaban J connectivity index is 2.14. The SMILES string of the molecule is CCNc1ncnc(NC2CCCC2SCC)c1OC. The van der Waals surface area contributed by atoms with Crippen molar-refractivity contribution in [2.45, 2.75) is 44.4 Å². The molecule has 1 aliphatic rings. The van der Waals surface area contributed by atoms with Crippen LogP contribution in [0.3, 0.4) is 0 Å². The van der Waals surface area contributed by atoms with Gasteiger partial charge in [-0.3, -0.25) is 0 Å². The Bertz CT molecular complexity index is 430. The largest absolute Gasteiger partial charge is 0.490 e. The average Bonchev–Trinajstić information content (AvgIpc) is 2.87. The van der Waals surface area contributed by atoms with E-state index in [0.717, 1.165) is 23.9 Å². The minimum atomic E-state index is 0.471. The van der Waals surface area contributed by atoms with Crippen molar-refractivity contribution in [1.82, 2.24) is 9.97 Å². The third kappa shape index (κ3) is 3.48. The molecular formula is C14H24N4OS. The number of anilines is 2. The van der Waals surface area contributed by atoms with Gasteiger partial charge in [-0.25, -0.2) is 9.97 Å². The number of methoxy groups -OCH3 is 1. The topological polar surface area (TPSA) is 59.1 Å². The molecule has 1 fully saturated rings. The predicted molar refractivity (Wildman–Crippen MR) is 85.9 cm³/mol. The van der Waals surface area contributed by atoms with Gasteiger partial charge in [-0.1, -0.05) is 13.3 Å². The van der Waals surface area contributed by atoms with E-state index in [-0.39, 0.29) is 0 Å². The molecule has 2 N–H and O–H groups in total. The van der Waals surface area contributed by atoms with Crippen molar-refractivity contribution >= 4 is 23.4 Å². The van der Waals surface area contributed by atoms with Crippen LogP contribution in [0.2, 0.25) is 0 Å².